The summed E-state index contributed by atoms with van der Waals surface area (Å²) in [5.74, 6) is 1.47. The molecule has 0 saturated heterocycles. The quantitative estimate of drug-likeness (QED) is 0.135. The highest BCUT2D eigenvalue weighted by Crippen LogP contribution is 2.41. The molecule has 4 nitrogen and oxygen atoms in total. The first-order valence-corrected chi connectivity index (χ1v) is 33.0. The fraction of sp³-hybridized carbons (Fsp3) is 0.0556. The van der Waals surface area contributed by atoms with E-state index in [4.69, 9.17) is 19.9 Å². The van der Waals surface area contributed by atoms with Gasteiger partial charge in [0.2, 0.25) is 0 Å². The lowest BCUT2D eigenvalue weighted by atomic mass is 9.96. The lowest BCUT2D eigenvalue weighted by molar-refractivity contribution is 1.20. The molecular formula is C72H54N4Si2. The summed E-state index contributed by atoms with van der Waals surface area (Å²) in [5, 5.41) is 5.37. The summed E-state index contributed by atoms with van der Waals surface area (Å²) in [7, 11) is -4.59. The number of rotatable bonds is 9. The molecular weight excluding hydrogens is 977 g/mol. The van der Waals surface area contributed by atoms with Gasteiger partial charge in [0.25, 0.3) is 0 Å². The van der Waals surface area contributed by atoms with Crippen molar-refractivity contribution in [1.29, 1.82) is 0 Å². The molecule has 2 aromatic heterocycles. The summed E-state index contributed by atoms with van der Waals surface area (Å²) in [6.45, 7) is 9.85. The van der Waals surface area contributed by atoms with E-state index in [1.165, 1.54) is 65.3 Å². The van der Waals surface area contributed by atoms with Crippen LogP contribution in [0.3, 0.4) is 0 Å². The Morgan fingerprint density at radius 2 is 0.577 bits per heavy atom. The van der Waals surface area contributed by atoms with Crippen molar-refractivity contribution in [3.05, 3.63) is 255 Å². The van der Waals surface area contributed by atoms with Gasteiger partial charge in [0, 0.05) is 22.3 Å². The molecule has 0 amide bonds. The first-order valence-electron chi connectivity index (χ1n) is 27.0. The second-order valence-electron chi connectivity index (χ2n) is 21.7. The van der Waals surface area contributed by atoms with Crippen molar-refractivity contribution < 1.29 is 0 Å². The van der Waals surface area contributed by atoms with E-state index in [1.54, 1.807) is 0 Å². The van der Waals surface area contributed by atoms with E-state index in [2.05, 4.69) is 281 Å². The maximum atomic E-state index is 5.61. The van der Waals surface area contributed by atoms with Crippen molar-refractivity contribution in [3.63, 3.8) is 0 Å². The number of aromatic nitrogens is 4. The van der Waals surface area contributed by atoms with E-state index in [9.17, 15) is 0 Å². The molecule has 0 atom stereocenters. The third-order valence-corrected chi connectivity index (χ3v) is 23.3. The zero-order chi connectivity index (χ0) is 52.5. The molecule has 0 aliphatic carbocycles. The first kappa shape index (κ1) is 47.3. The molecule has 12 aromatic rings. The molecule has 6 heteroatoms. The number of benzene rings is 10. The predicted octanol–water partition coefficient (Wildman–Crippen LogP) is 15.9. The second kappa shape index (κ2) is 18.8. The first-order chi connectivity index (χ1) is 38.2. The van der Waals surface area contributed by atoms with Gasteiger partial charge in [-0.3, -0.25) is 0 Å². The molecule has 0 fully saturated rings. The largest absolute Gasteiger partial charge is 0.228 e. The zero-order valence-electron chi connectivity index (χ0n) is 44.0. The third-order valence-electron chi connectivity index (χ3n) is 16.3. The van der Waals surface area contributed by atoms with Gasteiger partial charge in [-0.25, -0.2) is 19.9 Å². The van der Waals surface area contributed by atoms with Gasteiger partial charge < -0.3 is 0 Å². The standard InChI is InChI=1S/C72H54N4Si2/c1-77(2)63-37-19-18-36-61(63)67-70(77)66(59-34-16-14-32-57(59)49-24-10-6-11-25-49)74-71(75-67)56-31-21-30-54(45-56)52-28-20-29-53(44-52)55-42-43-62-64(46-55)78(3,4)69-65(51-40-38-48(39-41-51)47-22-8-5-9-23-47)73-72(76-68(62)69)60-35-17-15-33-58(60)50-26-12-7-13-27-50/h5-46H,1-4H3. The highest BCUT2D eigenvalue weighted by atomic mass is 28.3. The second-order valence-corrected chi connectivity index (χ2v) is 30.3. The van der Waals surface area contributed by atoms with Gasteiger partial charge in [-0.1, -0.05) is 269 Å². The SMILES string of the molecule is C[Si]1(C)c2cc(-c3cccc(-c4cccc(-c5nc(-c6ccccc6-c6ccccc6)c6c(n5)-c5ccccc5[Si]6(C)C)c4)c3)ccc2-c2nc(-c3ccccc3-c3ccccc3)nc(-c3ccc(-c4ccccc4)cc3)c21. The molecule has 0 bridgehead atoms. The van der Waals surface area contributed by atoms with Crippen molar-refractivity contribution in [2.45, 2.75) is 26.2 Å². The van der Waals surface area contributed by atoms with Crippen molar-refractivity contribution >= 4 is 36.9 Å². The summed E-state index contributed by atoms with van der Waals surface area (Å²) < 4.78 is 0. The molecule has 2 aliphatic heterocycles. The van der Waals surface area contributed by atoms with Crippen LogP contribution in [0.1, 0.15) is 0 Å². The summed E-state index contributed by atoms with van der Waals surface area (Å²) in [5.41, 5.74) is 22.4. The molecule has 2 aliphatic rings. The minimum Gasteiger partial charge on any atom is -0.228 e. The molecule has 370 valence electrons. The van der Waals surface area contributed by atoms with Gasteiger partial charge in [0.15, 0.2) is 11.6 Å². The molecule has 78 heavy (non-hydrogen) atoms. The molecule has 4 heterocycles. The fourth-order valence-corrected chi connectivity index (χ4v) is 18.8. The summed E-state index contributed by atoms with van der Waals surface area (Å²) in [6, 6.07) is 91.9. The minimum atomic E-state index is -2.40. The average Bonchev–Trinajstić information content (AvgIpc) is 4.10. The van der Waals surface area contributed by atoms with E-state index < -0.39 is 16.1 Å². The Labute approximate surface area is 458 Å². The summed E-state index contributed by atoms with van der Waals surface area (Å²) >= 11 is 0. The molecule has 0 N–H and O–H groups in total. The van der Waals surface area contributed by atoms with Gasteiger partial charge >= 0.3 is 0 Å². The van der Waals surface area contributed by atoms with Crippen molar-refractivity contribution in [2.75, 3.05) is 0 Å². The normalized spacial score (nSPS) is 13.3. The zero-order valence-corrected chi connectivity index (χ0v) is 46.0. The lowest BCUT2D eigenvalue weighted by Crippen LogP contribution is -2.50. The van der Waals surface area contributed by atoms with Crippen LogP contribution in [0, 0.1) is 0 Å². The van der Waals surface area contributed by atoms with E-state index in [-0.39, 0.29) is 0 Å². The molecule has 0 saturated carbocycles. The Hall–Kier alpha value is -9.21. The highest BCUT2D eigenvalue weighted by molar-refractivity contribution is 7.05. The summed E-state index contributed by atoms with van der Waals surface area (Å²) in [6.07, 6.45) is 0. The number of fused-ring (bicyclic) bond motifs is 6. The topological polar surface area (TPSA) is 51.6 Å². The van der Waals surface area contributed by atoms with Crippen molar-refractivity contribution in [1.82, 2.24) is 19.9 Å². The van der Waals surface area contributed by atoms with Crippen LogP contribution in [0.5, 0.6) is 0 Å². The number of hydrogen-bond acceptors (Lipinski definition) is 4. The van der Waals surface area contributed by atoms with E-state index in [1.807, 2.05) is 0 Å². The van der Waals surface area contributed by atoms with E-state index in [0.29, 0.717) is 0 Å². The van der Waals surface area contributed by atoms with Crippen LogP contribution in [0.2, 0.25) is 26.2 Å². The highest BCUT2D eigenvalue weighted by Gasteiger charge is 2.44. The fourth-order valence-electron chi connectivity index (χ4n) is 12.4. The van der Waals surface area contributed by atoms with E-state index in [0.717, 1.165) is 78.9 Å². The van der Waals surface area contributed by atoms with Crippen molar-refractivity contribution in [2.24, 2.45) is 0 Å². The monoisotopic (exact) mass is 1030 g/mol. The van der Waals surface area contributed by atoms with Crippen LogP contribution in [0.4, 0.5) is 0 Å². The average molecular weight is 1030 g/mol. The van der Waals surface area contributed by atoms with E-state index >= 15 is 0 Å². The van der Waals surface area contributed by atoms with Crippen LogP contribution in [-0.2, 0) is 0 Å². The maximum Gasteiger partial charge on any atom is 0.161 e. The Kier molecular flexibility index (Phi) is 11.4. The maximum absolute atomic E-state index is 5.61. The molecule has 10 aromatic carbocycles. The number of nitrogens with zero attached hydrogens (tertiary/aromatic N) is 4. The van der Waals surface area contributed by atoms with Gasteiger partial charge in [-0.15, -0.1) is 0 Å². The summed E-state index contributed by atoms with van der Waals surface area (Å²) in [4.78, 5) is 22.3. The smallest absolute Gasteiger partial charge is 0.161 e. The Morgan fingerprint density at radius 3 is 1.19 bits per heavy atom. The molecule has 0 spiro atoms. The van der Waals surface area contributed by atoms with Gasteiger partial charge in [0.05, 0.1) is 22.8 Å². The predicted molar refractivity (Wildman–Crippen MR) is 331 cm³/mol. The molecule has 14 rings (SSSR count). The van der Waals surface area contributed by atoms with Crippen LogP contribution in [-0.4, -0.2) is 36.1 Å². The third kappa shape index (κ3) is 7.94. The Morgan fingerprint density at radius 1 is 0.218 bits per heavy atom. The van der Waals surface area contributed by atoms with Gasteiger partial charge in [0.1, 0.15) is 16.1 Å². The lowest BCUT2D eigenvalue weighted by Gasteiger charge is -2.23. The van der Waals surface area contributed by atoms with Crippen LogP contribution in [0.25, 0.3) is 123 Å². The molecule has 0 radical (unpaired) electrons. The number of hydrogen-bond donors (Lipinski definition) is 0. The van der Waals surface area contributed by atoms with Gasteiger partial charge in [-0.2, -0.15) is 0 Å². The van der Waals surface area contributed by atoms with Crippen molar-refractivity contribution in [3.8, 4) is 123 Å². The van der Waals surface area contributed by atoms with Crippen LogP contribution >= 0.6 is 0 Å². The van der Waals surface area contributed by atoms with Crippen LogP contribution < -0.4 is 20.7 Å². The molecule has 0 unspecified atom stereocenters. The Bertz CT molecular complexity index is 4300. The Balaban J connectivity index is 0.861. The minimum absolute atomic E-state index is 0.734. The van der Waals surface area contributed by atoms with Crippen LogP contribution in [0.15, 0.2) is 255 Å². The van der Waals surface area contributed by atoms with Gasteiger partial charge in [-0.05, 0) is 99.6 Å².